The molecule has 0 bridgehead atoms. The molecule has 1 fully saturated rings. The molecule has 4 heteroatoms. The fraction of sp³-hybridized carbons (Fsp3) is 0.467. The van der Waals surface area contributed by atoms with E-state index in [1.165, 1.54) is 0 Å². The van der Waals surface area contributed by atoms with E-state index in [0.29, 0.717) is 12.0 Å². The molecule has 1 aliphatic rings. The average molecular weight is 260 g/mol. The van der Waals surface area contributed by atoms with Crippen LogP contribution in [0.1, 0.15) is 36.5 Å². The van der Waals surface area contributed by atoms with Crippen LogP contribution < -0.4 is 5.32 Å². The van der Waals surface area contributed by atoms with Crippen molar-refractivity contribution in [3.8, 4) is 0 Å². The molecule has 1 aromatic carbocycles. The zero-order chi connectivity index (χ0) is 13.7. The zero-order valence-corrected chi connectivity index (χ0v) is 11.3. The Balaban J connectivity index is 1.82. The van der Waals surface area contributed by atoms with Gasteiger partial charge in [-0.2, -0.15) is 0 Å². The first kappa shape index (κ1) is 13.6. The quantitative estimate of drug-likeness (QED) is 0.897. The first-order valence-electron chi connectivity index (χ1n) is 6.80. The van der Waals surface area contributed by atoms with Gasteiger partial charge in [-0.05, 0) is 31.9 Å². The summed E-state index contributed by atoms with van der Waals surface area (Å²) in [5.41, 5.74) is 0.628. The first-order chi connectivity index (χ1) is 9.16. The van der Waals surface area contributed by atoms with Crippen LogP contribution in [0.5, 0.6) is 0 Å². The Morgan fingerprint density at radius 1 is 1.21 bits per heavy atom. The molecule has 1 aromatic rings. The third kappa shape index (κ3) is 3.81. The Morgan fingerprint density at radius 2 is 1.84 bits per heavy atom. The van der Waals surface area contributed by atoms with Crippen LogP contribution in [-0.2, 0) is 4.79 Å². The second-order valence-electron chi connectivity index (χ2n) is 5.03. The van der Waals surface area contributed by atoms with Crippen LogP contribution in [0.4, 0.5) is 0 Å². The minimum Gasteiger partial charge on any atom is -0.349 e. The van der Waals surface area contributed by atoms with Gasteiger partial charge in [-0.1, -0.05) is 18.2 Å². The summed E-state index contributed by atoms with van der Waals surface area (Å²) in [6, 6.07) is 8.93. The van der Waals surface area contributed by atoms with Gasteiger partial charge in [-0.3, -0.25) is 9.59 Å². The molecule has 0 aromatic heterocycles. The fourth-order valence-corrected chi connectivity index (χ4v) is 2.31. The van der Waals surface area contributed by atoms with Gasteiger partial charge in [0.05, 0.1) is 0 Å². The van der Waals surface area contributed by atoms with E-state index in [9.17, 15) is 9.59 Å². The van der Waals surface area contributed by atoms with E-state index in [0.717, 1.165) is 25.9 Å². The number of amides is 2. The Kier molecular flexibility index (Phi) is 4.55. The number of nitrogens with zero attached hydrogens (tertiary/aromatic N) is 1. The maximum absolute atomic E-state index is 11.9. The molecule has 1 heterocycles. The highest BCUT2D eigenvalue weighted by Crippen LogP contribution is 2.10. The van der Waals surface area contributed by atoms with E-state index in [4.69, 9.17) is 0 Å². The summed E-state index contributed by atoms with van der Waals surface area (Å²) < 4.78 is 0. The highest BCUT2D eigenvalue weighted by Gasteiger charge is 2.20. The summed E-state index contributed by atoms with van der Waals surface area (Å²) in [7, 11) is 0. The summed E-state index contributed by atoms with van der Waals surface area (Å²) in [6.45, 7) is 3.59. The summed E-state index contributed by atoms with van der Waals surface area (Å²) in [5, 5.41) is 2.86. The van der Waals surface area contributed by atoms with Gasteiger partial charge >= 0.3 is 0 Å². The number of likely N-dealkylation sites (tertiary alicyclic amines) is 1. The van der Waals surface area contributed by atoms with Gasteiger partial charge in [0.15, 0.2) is 0 Å². The molecule has 0 aliphatic carbocycles. The predicted molar refractivity (Wildman–Crippen MR) is 73.8 cm³/mol. The average Bonchev–Trinajstić information content (AvgIpc) is 2.93. The van der Waals surface area contributed by atoms with Crippen molar-refractivity contribution in [1.29, 1.82) is 0 Å². The molecular weight excluding hydrogens is 240 g/mol. The Hall–Kier alpha value is -1.84. The van der Waals surface area contributed by atoms with Gasteiger partial charge in [0.25, 0.3) is 5.91 Å². The van der Waals surface area contributed by atoms with Crippen molar-refractivity contribution >= 4 is 11.8 Å². The van der Waals surface area contributed by atoms with Crippen LogP contribution in [0, 0.1) is 0 Å². The van der Waals surface area contributed by atoms with Crippen LogP contribution in [0.3, 0.4) is 0 Å². The van der Waals surface area contributed by atoms with E-state index < -0.39 is 0 Å². The van der Waals surface area contributed by atoms with Crippen LogP contribution in [0.2, 0.25) is 0 Å². The van der Waals surface area contributed by atoms with E-state index in [2.05, 4.69) is 5.32 Å². The summed E-state index contributed by atoms with van der Waals surface area (Å²) in [4.78, 5) is 25.8. The van der Waals surface area contributed by atoms with Crippen LogP contribution in [0.25, 0.3) is 0 Å². The zero-order valence-electron chi connectivity index (χ0n) is 11.3. The van der Waals surface area contributed by atoms with E-state index in [1.807, 2.05) is 30.0 Å². The Morgan fingerprint density at radius 3 is 2.47 bits per heavy atom. The van der Waals surface area contributed by atoms with E-state index in [1.54, 1.807) is 12.1 Å². The maximum Gasteiger partial charge on any atom is 0.251 e. The number of hydrogen-bond donors (Lipinski definition) is 1. The number of benzene rings is 1. The summed E-state index contributed by atoms with van der Waals surface area (Å²) >= 11 is 0. The second kappa shape index (κ2) is 6.36. The van der Waals surface area contributed by atoms with Crippen molar-refractivity contribution in [2.45, 2.75) is 32.2 Å². The van der Waals surface area contributed by atoms with Gasteiger partial charge in [0.1, 0.15) is 0 Å². The lowest BCUT2D eigenvalue weighted by Gasteiger charge is -2.19. The first-order valence-corrected chi connectivity index (χ1v) is 6.80. The number of carbonyl (C=O) groups is 2. The van der Waals surface area contributed by atoms with Gasteiger partial charge in [0, 0.05) is 31.1 Å². The number of carbonyl (C=O) groups excluding carboxylic acids is 2. The molecule has 0 radical (unpaired) electrons. The monoisotopic (exact) mass is 260 g/mol. The van der Waals surface area contributed by atoms with Crippen LogP contribution in [0.15, 0.2) is 30.3 Å². The molecule has 0 unspecified atom stereocenters. The smallest absolute Gasteiger partial charge is 0.251 e. The number of nitrogens with one attached hydrogen (secondary N) is 1. The molecule has 2 rings (SSSR count). The predicted octanol–water partition coefficient (Wildman–Crippen LogP) is 1.82. The van der Waals surface area contributed by atoms with Crippen molar-refractivity contribution in [1.82, 2.24) is 10.2 Å². The minimum absolute atomic E-state index is 0.123. The largest absolute Gasteiger partial charge is 0.349 e. The lowest BCUT2D eigenvalue weighted by atomic mass is 10.1. The van der Waals surface area contributed by atoms with Crippen molar-refractivity contribution < 1.29 is 9.59 Å². The summed E-state index contributed by atoms with van der Waals surface area (Å²) in [6.07, 6.45) is 2.56. The molecular formula is C15H20N2O2. The van der Waals surface area contributed by atoms with Gasteiger partial charge in [0.2, 0.25) is 5.91 Å². The molecule has 1 saturated heterocycles. The van der Waals surface area contributed by atoms with Crippen molar-refractivity contribution in [3.05, 3.63) is 35.9 Å². The topological polar surface area (TPSA) is 49.4 Å². The molecule has 0 saturated carbocycles. The SMILES string of the molecule is C[C@@H](CC(=O)N1CCCC1)NC(=O)c1ccccc1. The van der Waals surface area contributed by atoms with Gasteiger partial charge < -0.3 is 10.2 Å². The van der Waals surface area contributed by atoms with Gasteiger partial charge in [-0.15, -0.1) is 0 Å². The third-order valence-electron chi connectivity index (χ3n) is 3.35. The highest BCUT2D eigenvalue weighted by molar-refractivity contribution is 5.94. The van der Waals surface area contributed by atoms with E-state index in [-0.39, 0.29) is 17.9 Å². The van der Waals surface area contributed by atoms with Crippen molar-refractivity contribution in [2.24, 2.45) is 0 Å². The fourth-order valence-electron chi connectivity index (χ4n) is 2.31. The van der Waals surface area contributed by atoms with Crippen LogP contribution in [-0.4, -0.2) is 35.8 Å². The van der Waals surface area contributed by atoms with Gasteiger partial charge in [-0.25, -0.2) is 0 Å². The minimum atomic E-state index is -0.138. The molecule has 102 valence electrons. The van der Waals surface area contributed by atoms with Crippen LogP contribution >= 0.6 is 0 Å². The number of rotatable bonds is 4. The lowest BCUT2D eigenvalue weighted by Crippen LogP contribution is -2.38. The molecule has 1 N–H and O–H groups in total. The Bertz CT molecular complexity index is 439. The van der Waals surface area contributed by atoms with E-state index >= 15 is 0 Å². The molecule has 1 aliphatic heterocycles. The third-order valence-corrected chi connectivity index (χ3v) is 3.35. The normalized spacial score (nSPS) is 16.2. The Labute approximate surface area is 113 Å². The van der Waals surface area contributed by atoms with Crippen molar-refractivity contribution in [2.75, 3.05) is 13.1 Å². The maximum atomic E-state index is 11.9. The number of hydrogen-bond acceptors (Lipinski definition) is 2. The molecule has 0 spiro atoms. The summed E-state index contributed by atoms with van der Waals surface area (Å²) in [5.74, 6) is 0.0145. The molecule has 4 nitrogen and oxygen atoms in total. The van der Waals surface area contributed by atoms with Crippen molar-refractivity contribution in [3.63, 3.8) is 0 Å². The molecule has 19 heavy (non-hydrogen) atoms. The second-order valence-corrected chi connectivity index (χ2v) is 5.03. The molecule has 1 atom stereocenters. The lowest BCUT2D eigenvalue weighted by molar-refractivity contribution is -0.130. The molecule has 2 amide bonds. The highest BCUT2D eigenvalue weighted by atomic mass is 16.2. The standard InChI is InChI=1S/C15H20N2O2/c1-12(11-14(18)17-9-5-6-10-17)16-15(19)13-7-3-2-4-8-13/h2-4,7-8,12H,5-6,9-11H2,1H3,(H,16,19)/t12-/m0/s1.